The molecule has 0 fully saturated rings. The zero-order chi connectivity index (χ0) is 15.9. The molecule has 2 heterocycles. The maximum Gasteiger partial charge on any atom is 0.263 e. The number of carbonyl (C=O) groups excluding carboxylic acids is 1. The number of amides is 1. The Labute approximate surface area is 132 Å². The number of thiophene rings is 1. The number of anilines is 1. The van der Waals surface area contributed by atoms with Crippen LogP contribution < -0.4 is 5.73 Å². The molecule has 0 saturated heterocycles. The van der Waals surface area contributed by atoms with E-state index in [0.717, 1.165) is 21.5 Å². The average Bonchev–Trinajstić information content (AvgIpc) is 2.90. The standard InChI is InChI=1S/C16H16N4OS/c1-9-4-6-10(7-5-9)13-11-8-12(15(21)20(2)3)22-14(11)19-16(17)18-13/h4-8H,1-3H3,(H2,17,18,19). The summed E-state index contributed by atoms with van der Waals surface area (Å²) in [5, 5.41) is 0.855. The van der Waals surface area contributed by atoms with Crippen LogP contribution >= 0.6 is 11.3 Å². The van der Waals surface area contributed by atoms with Crippen LogP contribution in [-0.2, 0) is 0 Å². The fraction of sp³-hybridized carbons (Fsp3) is 0.188. The van der Waals surface area contributed by atoms with Crippen LogP contribution in [0.5, 0.6) is 0 Å². The van der Waals surface area contributed by atoms with Gasteiger partial charge in [-0.25, -0.2) is 9.97 Å². The van der Waals surface area contributed by atoms with E-state index in [2.05, 4.69) is 9.97 Å². The van der Waals surface area contributed by atoms with Crippen molar-refractivity contribution in [3.05, 3.63) is 40.8 Å². The fourth-order valence-corrected chi connectivity index (χ4v) is 3.25. The maximum atomic E-state index is 12.1. The molecule has 0 aliphatic heterocycles. The highest BCUT2D eigenvalue weighted by molar-refractivity contribution is 7.20. The Kier molecular flexibility index (Phi) is 3.54. The van der Waals surface area contributed by atoms with Gasteiger partial charge in [0.25, 0.3) is 5.91 Å². The predicted octanol–water partition coefficient (Wildman–Crippen LogP) is 2.95. The summed E-state index contributed by atoms with van der Waals surface area (Å²) in [5.74, 6) is 0.171. The first kappa shape index (κ1) is 14.5. The number of hydrogen-bond donors (Lipinski definition) is 1. The molecule has 22 heavy (non-hydrogen) atoms. The molecule has 6 heteroatoms. The Morgan fingerprint density at radius 1 is 1.18 bits per heavy atom. The molecular formula is C16H16N4OS. The van der Waals surface area contributed by atoms with Gasteiger partial charge in [0, 0.05) is 25.0 Å². The third-order valence-electron chi connectivity index (χ3n) is 3.35. The van der Waals surface area contributed by atoms with Crippen LogP contribution in [0.3, 0.4) is 0 Å². The number of fused-ring (bicyclic) bond motifs is 1. The van der Waals surface area contributed by atoms with Crippen LogP contribution in [-0.4, -0.2) is 34.9 Å². The van der Waals surface area contributed by atoms with Crippen molar-refractivity contribution in [1.29, 1.82) is 0 Å². The Hall–Kier alpha value is -2.47. The molecule has 112 valence electrons. The van der Waals surface area contributed by atoms with Crippen LogP contribution in [0.4, 0.5) is 5.95 Å². The van der Waals surface area contributed by atoms with Gasteiger partial charge >= 0.3 is 0 Å². The third-order valence-corrected chi connectivity index (χ3v) is 4.37. The molecule has 1 aromatic carbocycles. The summed E-state index contributed by atoms with van der Waals surface area (Å²) in [5.41, 5.74) is 8.73. The van der Waals surface area contributed by atoms with Gasteiger partial charge in [0.05, 0.1) is 10.6 Å². The Morgan fingerprint density at radius 2 is 1.86 bits per heavy atom. The van der Waals surface area contributed by atoms with Crippen molar-refractivity contribution in [3.63, 3.8) is 0 Å². The Morgan fingerprint density at radius 3 is 2.50 bits per heavy atom. The maximum absolute atomic E-state index is 12.1. The monoisotopic (exact) mass is 312 g/mol. The van der Waals surface area contributed by atoms with Crippen molar-refractivity contribution in [2.45, 2.75) is 6.92 Å². The molecule has 0 spiro atoms. The quantitative estimate of drug-likeness (QED) is 0.789. The minimum atomic E-state index is -0.0450. The first-order chi connectivity index (χ1) is 10.5. The summed E-state index contributed by atoms with van der Waals surface area (Å²) in [6.07, 6.45) is 0. The van der Waals surface area contributed by atoms with E-state index in [1.54, 1.807) is 19.0 Å². The summed E-state index contributed by atoms with van der Waals surface area (Å²) < 4.78 is 0. The van der Waals surface area contributed by atoms with E-state index in [4.69, 9.17) is 5.73 Å². The number of benzene rings is 1. The van der Waals surface area contributed by atoms with Gasteiger partial charge in [-0.2, -0.15) is 0 Å². The van der Waals surface area contributed by atoms with Crippen molar-refractivity contribution >= 4 is 33.4 Å². The lowest BCUT2D eigenvalue weighted by molar-refractivity contribution is 0.0832. The summed E-state index contributed by atoms with van der Waals surface area (Å²) in [4.78, 5) is 23.7. The molecule has 1 amide bonds. The van der Waals surface area contributed by atoms with E-state index >= 15 is 0 Å². The van der Waals surface area contributed by atoms with Gasteiger partial charge in [-0.1, -0.05) is 29.8 Å². The molecule has 2 aromatic heterocycles. The fourth-order valence-electron chi connectivity index (χ4n) is 2.20. The minimum Gasteiger partial charge on any atom is -0.368 e. The molecule has 0 bridgehead atoms. The molecule has 0 unspecified atom stereocenters. The van der Waals surface area contributed by atoms with E-state index in [1.807, 2.05) is 37.3 Å². The number of carbonyl (C=O) groups is 1. The lowest BCUT2D eigenvalue weighted by Crippen LogP contribution is -2.20. The van der Waals surface area contributed by atoms with E-state index in [1.165, 1.54) is 16.9 Å². The first-order valence-electron chi connectivity index (χ1n) is 6.81. The van der Waals surface area contributed by atoms with E-state index < -0.39 is 0 Å². The molecule has 5 nitrogen and oxygen atoms in total. The summed E-state index contributed by atoms with van der Waals surface area (Å²) in [6.45, 7) is 2.03. The minimum absolute atomic E-state index is 0.0450. The first-order valence-corrected chi connectivity index (χ1v) is 7.63. The highest BCUT2D eigenvalue weighted by Gasteiger charge is 2.17. The topological polar surface area (TPSA) is 72.1 Å². The number of rotatable bonds is 2. The van der Waals surface area contributed by atoms with Crippen LogP contribution in [0.25, 0.3) is 21.5 Å². The van der Waals surface area contributed by atoms with Gasteiger partial charge in [0.15, 0.2) is 0 Å². The van der Waals surface area contributed by atoms with Gasteiger partial charge in [-0.15, -0.1) is 11.3 Å². The number of nitrogens with zero attached hydrogens (tertiary/aromatic N) is 3. The van der Waals surface area contributed by atoms with Crippen LogP contribution in [0.15, 0.2) is 30.3 Å². The molecule has 0 aliphatic carbocycles. The molecule has 3 rings (SSSR count). The highest BCUT2D eigenvalue weighted by atomic mass is 32.1. The van der Waals surface area contributed by atoms with Crippen molar-refractivity contribution in [2.24, 2.45) is 0 Å². The van der Waals surface area contributed by atoms with Crippen molar-refractivity contribution in [1.82, 2.24) is 14.9 Å². The molecular weight excluding hydrogens is 296 g/mol. The van der Waals surface area contributed by atoms with E-state index in [9.17, 15) is 4.79 Å². The highest BCUT2D eigenvalue weighted by Crippen LogP contribution is 2.33. The largest absolute Gasteiger partial charge is 0.368 e. The van der Waals surface area contributed by atoms with Crippen molar-refractivity contribution in [2.75, 3.05) is 19.8 Å². The van der Waals surface area contributed by atoms with Crippen molar-refractivity contribution in [3.8, 4) is 11.3 Å². The van der Waals surface area contributed by atoms with Gasteiger partial charge in [0.2, 0.25) is 5.95 Å². The summed E-state index contributed by atoms with van der Waals surface area (Å²) in [7, 11) is 3.46. The molecule has 0 atom stereocenters. The SMILES string of the molecule is Cc1ccc(-c2nc(N)nc3sc(C(=O)N(C)C)cc23)cc1. The number of nitrogens with two attached hydrogens (primary N) is 1. The normalized spacial score (nSPS) is 10.9. The number of aryl methyl sites for hydroxylation is 1. The number of hydrogen-bond acceptors (Lipinski definition) is 5. The summed E-state index contributed by atoms with van der Waals surface area (Å²) >= 11 is 1.34. The molecule has 0 saturated carbocycles. The number of nitrogen functional groups attached to an aromatic ring is 1. The van der Waals surface area contributed by atoms with Crippen molar-refractivity contribution < 1.29 is 4.79 Å². The average molecular weight is 312 g/mol. The third kappa shape index (κ3) is 2.53. The van der Waals surface area contributed by atoms with E-state index in [-0.39, 0.29) is 11.9 Å². The summed E-state index contributed by atoms with van der Waals surface area (Å²) in [6, 6.07) is 9.90. The zero-order valence-corrected chi connectivity index (χ0v) is 13.4. The molecule has 0 radical (unpaired) electrons. The number of aromatic nitrogens is 2. The Balaban J connectivity index is 2.21. The molecule has 0 aliphatic rings. The van der Waals surface area contributed by atoms with Crippen LogP contribution in [0, 0.1) is 6.92 Å². The van der Waals surface area contributed by atoms with E-state index in [0.29, 0.717) is 4.88 Å². The Bertz CT molecular complexity index is 852. The second kappa shape index (κ2) is 5.38. The molecule has 3 aromatic rings. The smallest absolute Gasteiger partial charge is 0.263 e. The van der Waals surface area contributed by atoms with Gasteiger partial charge in [-0.05, 0) is 13.0 Å². The lowest BCUT2D eigenvalue weighted by atomic mass is 10.1. The van der Waals surface area contributed by atoms with Crippen LogP contribution in [0.1, 0.15) is 15.2 Å². The molecule has 2 N–H and O–H groups in total. The van der Waals surface area contributed by atoms with Crippen LogP contribution in [0.2, 0.25) is 0 Å². The predicted molar refractivity (Wildman–Crippen MR) is 90.0 cm³/mol. The van der Waals surface area contributed by atoms with Gasteiger partial charge in [0.1, 0.15) is 4.83 Å². The second-order valence-corrected chi connectivity index (χ2v) is 6.36. The zero-order valence-electron chi connectivity index (χ0n) is 12.6. The van der Waals surface area contributed by atoms with Gasteiger partial charge < -0.3 is 10.6 Å². The van der Waals surface area contributed by atoms with Gasteiger partial charge in [-0.3, -0.25) is 4.79 Å². The second-order valence-electron chi connectivity index (χ2n) is 5.33. The lowest BCUT2D eigenvalue weighted by Gasteiger charge is -2.06.